The SMILES string of the molecule is CCOc1ccc(C(=N)N)nc1Cl. The maximum Gasteiger partial charge on any atom is 0.171 e. The third-order valence-electron chi connectivity index (χ3n) is 1.39. The average Bonchev–Trinajstić information content (AvgIpc) is 2.08. The summed E-state index contributed by atoms with van der Waals surface area (Å²) in [4.78, 5) is 3.88. The van der Waals surface area contributed by atoms with Crippen molar-refractivity contribution in [2.45, 2.75) is 6.92 Å². The molecule has 5 heteroatoms. The van der Waals surface area contributed by atoms with Crippen molar-refractivity contribution in [2.75, 3.05) is 6.61 Å². The van der Waals surface area contributed by atoms with Gasteiger partial charge in [0.05, 0.1) is 6.61 Å². The maximum atomic E-state index is 7.12. The van der Waals surface area contributed by atoms with E-state index in [1.165, 1.54) is 0 Å². The van der Waals surface area contributed by atoms with E-state index in [2.05, 4.69) is 4.98 Å². The van der Waals surface area contributed by atoms with Crippen molar-refractivity contribution in [1.82, 2.24) is 4.98 Å². The van der Waals surface area contributed by atoms with Crippen LogP contribution in [0.2, 0.25) is 5.15 Å². The molecule has 0 unspecified atom stereocenters. The first-order valence-corrected chi connectivity index (χ1v) is 4.16. The van der Waals surface area contributed by atoms with Gasteiger partial charge in [0.25, 0.3) is 0 Å². The van der Waals surface area contributed by atoms with Crippen molar-refractivity contribution < 1.29 is 4.74 Å². The Kier molecular flexibility index (Phi) is 3.08. The molecule has 0 spiro atoms. The first-order chi connectivity index (χ1) is 6.15. The van der Waals surface area contributed by atoms with Gasteiger partial charge in [-0.1, -0.05) is 11.6 Å². The molecule has 0 saturated heterocycles. The van der Waals surface area contributed by atoms with Gasteiger partial charge in [0.2, 0.25) is 0 Å². The minimum Gasteiger partial charge on any atom is -0.491 e. The number of nitrogens with one attached hydrogen (secondary N) is 1. The normalized spacial score (nSPS) is 9.69. The van der Waals surface area contributed by atoms with Gasteiger partial charge in [-0.2, -0.15) is 0 Å². The molecule has 0 atom stereocenters. The van der Waals surface area contributed by atoms with Crippen LogP contribution in [0.25, 0.3) is 0 Å². The van der Waals surface area contributed by atoms with Crippen LogP contribution in [0, 0.1) is 5.41 Å². The second kappa shape index (κ2) is 4.09. The first kappa shape index (κ1) is 9.80. The lowest BCUT2D eigenvalue weighted by Crippen LogP contribution is -2.13. The summed E-state index contributed by atoms with van der Waals surface area (Å²) in [6, 6.07) is 3.24. The molecule has 0 saturated carbocycles. The number of amidine groups is 1. The molecule has 0 aliphatic carbocycles. The summed E-state index contributed by atoms with van der Waals surface area (Å²) in [5.74, 6) is 0.402. The van der Waals surface area contributed by atoms with E-state index in [0.29, 0.717) is 18.1 Å². The topological polar surface area (TPSA) is 72.0 Å². The highest BCUT2D eigenvalue weighted by Crippen LogP contribution is 2.21. The monoisotopic (exact) mass is 199 g/mol. The molecule has 1 aromatic heterocycles. The molecule has 1 aromatic rings. The van der Waals surface area contributed by atoms with Gasteiger partial charge in [0.15, 0.2) is 10.9 Å². The van der Waals surface area contributed by atoms with E-state index in [-0.39, 0.29) is 11.0 Å². The first-order valence-electron chi connectivity index (χ1n) is 3.79. The molecular weight excluding hydrogens is 190 g/mol. The molecule has 13 heavy (non-hydrogen) atoms. The van der Waals surface area contributed by atoms with Crippen molar-refractivity contribution in [3.05, 3.63) is 23.0 Å². The zero-order chi connectivity index (χ0) is 9.84. The number of aromatic nitrogens is 1. The molecule has 1 rings (SSSR count). The van der Waals surface area contributed by atoms with Gasteiger partial charge >= 0.3 is 0 Å². The largest absolute Gasteiger partial charge is 0.491 e. The molecule has 0 aliphatic rings. The Balaban J connectivity index is 2.98. The van der Waals surface area contributed by atoms with Crippen molar-refractivity contribution in [3.8, 4) is 5.75 Å². The summed E-state index contributed by atoms with van der Waals surface area (Å²) in [6.07, 6.45) is 0. The van der Waals surface area contributed by atoms with Gasteiger partial charge in [-0.15, -0.1) is 0 Å². The van der Waals surface area contributed by atoms with Gasteiger partial charge in [0, 0.05) is 0 Å². The van der Waals surface area contributed by atoms with Crippen molar-refractivity contribution in [3.63, 3.8) is 0 Å². The van der Waals surface area contributed by atoms with Crippen LogP contribution in [0.15, 0.2) is 12.1 Å². The smallest absolute Gasteiger partial charge is 0.171 e. The van der Waals surface area contributed by atoms with E-state index in [0.717, 1.165) is 0 Å². The molecule has 0 fully saturated rings. The Labute approximate surface area is 81.2 Å². The van der Waals surface area contributed by atoms with Crippen LogP contribution in [-0.4, -0.2) is 17.4 Å². The van der Waals surface area contributed by atoms with Crippen LogP contribution in [0.4, 0.5) is 0 Å². The Hall–Kier alpha value is -1.29. The lowest BCUT2D eigenvalue weighted by atomic mass is 10.3. The van der Waals surface area contributed by atoms with E-state index in [1.807, 2.05) is 6.92 Å². The summed E-state index contributed by atoms with van der Waals surface area (Å²) in [5.41, 5.74) is 5.58. The lowest BCUT2D eigenvalue weighted by Gasteiger charge is -2.05. The van der Waals surface area contributed by atoms with Gasteiger partial charge in [-0.25, -0.2) is 4.98 Å². The van der Waals surface area contributed by atoms with Crippen LogP contribution in [0.5, 0.6) is 5.75 Å². The predicted molar refractivity (Wildman–Crippen MR) is 51.4 cm³/mol. The lowest BCUT2D eigenvalue weighted by molar-refractivity contribution is 0.339. The van der Waals surface area contributed by atoms with E-state index in [9.17, 15) is 0 Å². The molecule has 70 valence electrons. The highest BCUT2D eigenvalue weighted by molar-refractivity contribution is 6.31. The molecule has 0 aliphatic heterocycles. The van der Waals surface area contributed by atoms with Gasteiger partial charge in [-0.3, -0.25) is 5.41 Å². The minimum absolute atomic E-state index is 0.107. The summed E-state index contributed by atoms with van der Waals surface area (Å²) in [7, 11) is 0. The minimum atomic E-state index is -0.107. The van der Waals surface area contributed by atoms with Crippen molar-refractivity contribution in [2.24, 2.45) is 5.73 Å². The zero-order valence-electron chi connectivity index (χ0n) is 7.17. The molecule has 1 heterocycles. The molecular formula is C8H10ClN3O. The number of halogens is 1. The number of ether oxygens (including phenoxy) is 1. The number of nitrogens with two attached hydrogens (primary N) is 1. The van der Waals surface area contributed by atoms with Crippen molar-refractivity contribution >= 4 is 17.4 Å². The zero-order valence-corrected chi connectivity index (χ0v) is 7.93. The van der Waals surface area contributed by atoms with Crippen LogP contribution >= 0.6 is 11.6 Å². The predicted octanol–water partition coefficient (Wildman–Crippen LogP) is 1.42. The molecule has 0 aromatic carbocycles. The summed E-state index contributed by atoms with van der Waals surface area (Å²) in [5, 5.41) is 7.35. The Morgan fingerprint density at radius 1 is 1.69 bits per heavy atom. The fourth-order valence-corrected chi connectivity index (χ4v) is 1.04. The van der Waals surface area contributed by atoms with Gasteiger partial charge < -0.3 is 10.5 Å². The number of rotatable bonds is 3. The molecule has 4 nitrogen and oxygen atoms in total. The van der Waals surface area contributed by atoms with Crippen molar-refractivity contribution in [1.29, 1.82) is 5.41 Å². The number of hydrogen-bond acceptors (Lipinski definition) is 3. The molecule has 0 amide bonds. The summed E-state index contributed by atoms with van der Waals surface area (Å²) in [6.45, 7) is 2.38. The number of nitrogen functional groups attached to an aromatic ring is 1. The van der Waals surface area contributed by atoms with Gasteiger partial charge in [0.1, 0.15) is 11.5 Å². The highest BCUT2D eigenvalue weighted by Gasteiger charge is 2.05. The maximum absolute atomic E-state index is 7.12. The second-order valence-corrected chi connectivity index (χ2v) is 2.69. The molecule has 0 radical (unpaired) electrons. The fraction of sp³-hybridized carbons (Fsp3) is 0.250. The molecule has 3 N–H and O–H groups in total. The number of pyridine rings is 1. The highest BCUT2D eigenvalue weighted by atomic mass is 35.5. The fourth-order valence-electron chi connectivity index (χ4n) is 0.835. The number of nitrogens with zero attached hydrogens (tertiary/aromatic N) is 1. The summed E-state index contributed by atoms with van der Waals surface area (Å²) >= 11 is 5.76. The van der Waals surface area contributed by atoms with Crippen LogP contribution in [0.1, 0.15) is 12.6 Å². The van der Waals surface area contributed by atoms with E-state index in [1.54, 1.807) is 12.1 Å². The van der Waals surface area contributed by atoms with E-state index >= 15 is 0 Å². The van der Waals surface area contributed by atoms with Crippen LogP contribution in [0.3, 0.4) is 0 Å². The van der Waals surface area contributed by atoms with E-state index < -0.39 is 0 Å². The Morgan fingerprint density at radius 3 is 2.85 bits per heavy atom. The van der Waals surface area contributed by atoms with E-state index in [4.69, 9.17) is 27.5 Å². The second-order valence-electron chi connectivity index (χ2n) is 2.33. The molecule has 0 bridgehead atoms. The Morgan fingerprint density at radius 2 is 2.38 bits per heavy atom. The quantitative estimate of drug-likeness (QED) is 0.439. The summed E-state index contributed by atoms with van der Waals surface area (Å²) < 4.78 is 5.17. The van der Waals surface area contributed by atoms with Crippen LogP contribution < -0.4 is 10.5 Å². The average molecular weight is 200 g/mol. The third kappa shape index (κ3) is 2.32. The number of hydrogen-bond donors (Lipinski definition) is 2. The standard InChI is InChI=1S/C8H10ClN3O/c1-2-13-6-4-3-5(8(10)11)12-7(6)9/h3-4H,2H2,1H3,(H3,10,11). The van der Waals surface area contributed by atoms with Crippen LogP contribution in [-0.2, 0) is 0 Å². The Bertz CT molecular complexity index is 327. The van der Waals surface area contributed by atoms with Gasteiger partial charge in [-0.05, 0) is 19.1 Å². The third-order valence-corrected chi connectivity index (χ3v) is 1.66.